The molecule has 2 aliphatic rings. The number of hydrogen-bond donors (Lipinski definition) is 2. The minimum atomic E-state index is -0.159. The van der Waals surface area contributed by atoms with Crippen LogP contribution in [0.1, 0.15) is 24.0 Å². The van der Waals surface area contributed by atoms with Crippen LogP contribution in [0.5, 0.6) is 17.2 Å². The number of thiocarbonyl (C=S) groups is 1. The Labute approximate surface area is 202 Å². The minimum absolute atomic E-state index is 0.159. The van der Waals surface area contributed by atoms with E-state index in [2.05, 4.69) is 10.3 Å². The quantitative estimate of drug-likeness (QED) is 0.497. The molecule has 8 nitrogen and oxygen atoms in total. The van der Waals surface area contributed by atoms with Crippen molar-refractivity contribution in [3.63, 3.8) is 0 Å². The molecule has 0 radical (unpaired) electrons. The summed E-state index contributed by atoms with van der Waals surface area (Å²) in [5, 5.41) is 4.79. The standard InChI is InChI=1S/C25H27N3O5S/c1-30-19-6-4-16(5-7-19)13-28(25(34)26-12-20-3-2-8-31-20)14-18-9-17-10-22-23(33-15-32-22)11-21(17)27-24(18)29/h4-7,9-11,20H,2-3,8,12-15H2,1H3,(H,26,34)(H,27,29)/t20-/m1/s1. The summed E-state index contributed by atoms with van der Waals surface area (Å²) < 4.78 is 21.9. The number of hydrogen-bond acceptors (Lipinski definition) is 6. The van der Waals surface area contributed by atoms with E-state index in [1.165, 1.54) is 0 Å². The Morgan fingerprint density at radius 1 is 1.18 bits per heavy atom. The van der Waals surface area contributed by atoms with Crippen molar-refractivity contribution >= 4 is 28.2 Å². The summed E-state index contributed by atoms with van der Waals surface area (Å²) in [5.74, 6) is 2.10. The first kappa shape index (κ1) is 22.5. The zero-order valence-electron chi connectivity index (χ0n) is 19.0. The van der Waals surface area contributed by atoms with Crippen molar-refractivity contribution in [2.24, 2.45) is 0 Å². The highest BCUT2D eigenvalue weighted by Crippen LogP contribution is 2.35. The molecule has 2 N–H and O–H groups in total. The van der Waals surface area contributed by atoms with Crippen molar-refractivity contribution in [2.45, 2.75) is 32.0 Å². The van der Waals surface area contributed by atoms with Gasteiger partial charge in [-0.25, -0.2) is 0 Å². The highest BCUT2D eigenvalue weighted by atomic mass is 32.1. The predicted molar refractivity (Wildman–Crippen MR) is 133 cm³/mol. The van der Waals surface area contributed by atoms with Crippen LogP contribution in [0.2, 0.25) is 0 Å². The maximum absolute atomic E-state index is 12.9. The van der Waals surface area contributed by atoms with Crippen LogP contribution in [-0.4, -0.2) is 48.2 Å². The van der Waals surface area contributed by atoms with Crippen LogP contribution in [-0.2, 0) is 17.8 Å². The number of ether oxygens (including phenoxy) is 4. The molecule has 0 spiro atoms. The van der Waals surface area contributed by atoms with Crippen LogP contribution in [0.4, 0.5) is 0 Å². The molecule has 5 rings (SSSR count). The third kappa shape index (κ3) is 4.95. The maximum Gasteiger partial charge on any atom is 0.253 e. The fourth-order valence-corrected chi connectivity index (χ4v) is 4.45. The van der Waals surface area contributed by atoms with Crippen LogP contribution in [0, 0.1) is 0 Å². The fraction of sp³-hybridized carbons (Fsp3) is 0.360. The lowest BCUT2D eigenvalue weighted by Gasteiger charge is -2.27. The molecule has 34 heavy (non-hydrogen) atoms. The maximum atomic E-state index is 12.9. The number of aromatic amines is 1. The number of methoxy groups -OCH3 is 1. The van der Waals surface area contributed by atoms with E-state index in [-0.39, 0.29) is 18.5 Å². The highest BCUT2D eigenvalue weighted by Gasteiger charge is 2.20. The average molecular weight is 482 g/mol. The molecule has 1 fully saturated rings. The average Bonchev–Trinajstić information content (AvgIpc) is 3.53. The van der Waals surface area contributed by atoms with Gasteiger partial charge in [-0.2, -0.15) is 0 Å². The first-order valence-corrected chi connectivity index (χ1v) is 11.7. The molecule has 1 atom stereocenters. The predicted octanol–water partition coefficient (Wildman–Crippen LogP) is 3.32. The molecule has 0 aliphatic carbocycles. The van der Waals surface area contributed by atoms with Gasteiger partial charge in [-0.1, -0.05) is 12.1 Å². The lowest BCUT2D eigenvalue weighted by Crippen LogP contribution is -2.42. The molecule has 2 aliphatic heterocycles. The van der Waals surface area contributed by atoms with Crippen LogP contribution >= 0.6 is 12.2 Å². The summed E-state index contributed by atoms with van der Waals surface area (Å²) in [6, 6.07) is 13.4. The molecule has 0 saturated carbocycles. The van der Waals surface area contributed by atoms with Gasteiger partial charge in [0.1, 0.15) is 5.75 Å². The summed E-state index contributed by atoms with van der Waals surface area (Å²) in [4.78, 5) is 17.9. The highest BCUT2D eigenvalue weighted by molar-refractivity contribution is 7.80. The molecular weight excluding hydrogens is 454 g/mol. The van der Waals surface area contributed by atoms with Gasteiger partial charge in [-0.15, -0.1) is 0 Å². The molecule has 1 aromatic heterocycles. The van der Waals surface area contributed by atoms with Gasteiger partial charge >= 0.3 is 0 Å². The number of pyridine rings is 1. The Kier molecular flexibility index (Phi) is 6.55. The number of nitrogens with zero attached hydrogens (tertiary/aromatic N) is 1. The molecular formula is C25H27N3O5S. The van der Waals surface area contributed by atoms with Crippen molar-refractivity contribution in [1.82, 2.24) is 15.2 Å². The smallest absolute Gasteiger partial charge is 0.253 e. The van der Waals surface area contributed by atoms with Crippen molar-refractivity contribution < 1.29 is 18.9 Å². The Bertz CT molecular complexity index is 1240. The van der Waals surface area contributed by atoms with Gasteiger partial charge in [0, 0.05) is 36.7 Å². The fourth-order valence-electron chi connectivity index (χ4n) is 4.23. The van der Waals surface area contributed by atoms with E-state index in [9.17, 15) is 4.79 Å². The molecule has 0 unspecified atom stereocenters. The van der Waals surface area contributed by atoms with Crippen LogP contribution in [0.3, 0.4) is 0 Å². The zero-order chi connectivity index (χ0) is 23.5. The Morgan fingerprint density at radius 2 is 1.97 bits per heavy atom. The van der Waals surface area contributed by atoms with Crippen LogP contribution in [0.25, 0.3) is 10.9 Å². The number of benzene rings is 2. The monoisotopic (exact) mass is 481 g/mol. The van der Waals surface area contributed by atoms with Gasteiger partial charge in [0.15, 0.2) is 16.6 Å². The van der Waals surface area contributed by atoms with E-state index < -0.39 is 0 Å². The van der Waals surface area contributed by atoms with Gasteiger partial charge in [-0.3, -0.25) is 4.79 Å². The Hall–Kier alpha value is -3.30. The van der Waals surface area contributed by atoms with E-state index in [1.54, 1.807) is 13.2 Å². The van der Waals surface area contributed by atoms with Gasteiger partial charge in [0.2, 0.25) is 6.79 Å². The molecule has 9 heteroatoms. The second-order valence-corrected chi connectivity index (χ2v) is 8.83. The van der Waals surface area contributed by atoms with Crippen molar-refractivity contribution in [3.05, 3.63) is 63.9 Å². The Balaban J connectivity index is 1.39. The van der Waals surface area contributed by atoms with E-state index in [0.717, 1.165) is 36.1 Å². The largest absolute Gasteiger partial charge is 0.497 e. The lowest BCUT2D eigenvalue weighted by molar-refractivity contribution is 0.113. The second kappa shape index (κ2) is 9.90. The first-order valence-electron chi connectivity index (χ1n) is 11.3. The third-order valence-corrected chi connectivity index (χ3v) is 6.50. The zero-order valence-corrected chi connectivity index (χ0v) is 19.8. The number of H-pyrrole nitrogens is 1. The van der Waals surface area contributed by atoms with E-state index in [4.69, 9.17) is 31.2 Å². The number of nitrogens with one attached hydrogen (secondary N) is 2. The van der Waals surface area contributed by atoms with E-state index >= 15 is 0 Å². The molecule has 2 aromatic carbocycles. The van der Waals surface area contributed by atoms with Crippen LogP contribution in [0.15, 0.2) is 47.3 Å². The van der Waals surface area contributed by atoms with Gasteiger partial charge in [-0.05, 0) is 54.9 Å². The summed E-state index contributed by atoms with van der Waals surface area (Å²) in [7, 11) is 1.64. The Morgan fingerprint density at radius 3 is 2.71 bits per heavy atom. The van der Waals surface area contributed by atoms with Crippen molar-refractivity contribution in [2.75, 3.05) is 27.1 Å². The first-order chi connectivity index (χ1) is 16.6. The third-order valence-electron chi connectivity index (χ3n) is 6.10. The van der Waals surface area contributed by atoms with Gasteiger partial charge in [0.25, 0.3) is 5.56 Å². The summed E-state index contributed by atoms with van der Waals surface area (Å²) >= 11 is 5.75. The van der Waals surface area contributed by atoms with Gasteiger partial charge < -0.3 is 34.1 Å². The van der Waals surface area contributed by atoms with E-state index in [0.29, 0.717) is 47.3 Å². The summed E-state index contributed by atoms with van der Waals surface area (Å²) in [6.45, 7) is 2.52. The molecule has 178 valence electrons. The minimum Gasteiger partial charge on any atom is -0.497 e. The normalized spacial score (nSPS) is 16.6. The molecule has 3 aromatic rings. The molecule has 0 amide bonds. The summed E-state index contributed by atoms with van der Waals surface area (Å²) in [6.07, 6.45) is 2.25. The lowest BCUT2D eigenvalue weighted by atomic mass is 10.1. The topological polar surface area (TPSA) is 85.1 Å². The number of aromatic nitrogens is 1. The number of fused-ring (bicyclic) bond motifs is 2. The molecule has 0 bridgehead atoms. The van der Waals surface area contributed by atoms with Crippen molar-refractivity contribution in [3.8, 4) is 17.2 Å². The number of rotatable bonds is 7. The molecule has 1 saturated heterocycles. The second-order valence-electron chi connectivity index (χ2n) is 8.44. The van der Waals surface area contributed by atoms with Gasteiger partial charge in [0.05, 0.1) is 25.3 Å². The van der Waals surface area contributed by atoms with E-state index in [1.807, 2.05) is 41.3 Å². The molecule has 3 heterocycles. The van der Waals surface area contributed by atoms with Crippen LogP contribution < -0.4 is 25.1 Å². The van der Waals surface area contributed by atoms with Crippen molar-refractivity contribution in [1.29, 1.82) is 0 Å². The SMILES string of the molecule is COc1ccc(CN(Cc2cc3cc4c(cc3[nH]c2=O)OCO4)C(=S)NC[C@H]2CCCO2)cc1. The summed E-state index contributed by atoms with van der Waals surface area (Å²) in [5.41, 5.74) is 2.22.